The highest BCUT2D eigenvalue weighted by Crippen LogP contribution is 2.14. The Morgan fingerprint density at radius 3 is 2.74 bits per heavy atom. The van der Waals surface area contributed by atoms with E-state index < -0.39 is 0 Å². The Morgan fingerprint density at radius 2 is 2.11 bits per heavy atom. The molecule has 0 amide bonds. The Morgan fingerprint density at radius 1 is 1.37 bits per heavy atom. The molecule has 0 unspecified atom stereocenters. The van der Waals surface area contributed by atoms with Crippen molar-refractivity contribution in [3.8, 4) is 0 Å². The van der Waals surface area contributed by atoms with E-state index >= 15 is 0 Å². The molecule has 1 saturated heterocycles. The third-order valence-corrected chi connectivity index (χ3v) is 3.03. The molecule has 2 rings (SSSR count). The van der Waals surface area contributed by atoms with Crippen LogP contribution in [0.25, 0.3) is 0 Å². The van der Waals surface area contributed by atoms with Crippen LogP contribution in [0, 0.1) is 0 Å². The van der Waals surface area contributed by atoms with Crippen LogP contribution >= 0.6 is 0 Å². The summed E-state index contributed by atoms with van der Waals surface area (Å²) in [5.41, 5.74) is 1.25. The van der Waals surface area contributed by atoms with E-state index in [1.54, 1.807) is 0 Å². The molecule has 1 atom stereocenters. The van der Waals surface area contributed by atoms with Crippen LogP contribution < -0.4 is 5.32 Å². The van der Waals surface area contributed by atoms with Crippen LogP contribution in [0.2, 0.25) is 0 Å². The molecule has 0 radical (unpaired) electrons. The van der Waals surface area contributed by atoms with Crippen LogP contribution in [0.5, 0.6) is 0 Å². The monoisotopic (exact) mass is 268 g/mol. The molecular weight excluding hydrogens is 240 g/mol. The average Bonchev–Trinajstić information content (AvgIpc) is 2.87. The van der Waals surface area contributed by atoms with Gasteiger partial charge in [-0.1, -0.05) is 44.2 Å². The zero-order chi connectivity index (χ0) is 13.9. The lowest BCUT2D eigenvalue weighted by atomic mass is 10.2. The summed E-state index contributed by atoms with van der Waals surface area (Å²) >= 11 is 0. The van der Waals surface area contributed by atoms with Crippen molar-refractivity contribution in [2.45, 2.75) is 39.3 Å². The largest absolute Gasteiger partial charge is 0.365 e. The third-order valence-electron chi connectivity index (χ3n) is 3.03. The summed E-state index contributed by atoms with van der Waals surface area (Å²) in [6.07, 6.45) is 2.08. The SMILES string of the molecule is CC.ON1CCC[C@H]1COCNCc1ccccc1.[HH]. The van der Waals surface area contributed by atoms with E-state index in [0.29, 0.717) is 13.3 Å². The van der Waals surface area contributed by atoms with Gasteiger partial charge in [0.1, 0.15) is 0 Å². The van der Waals surface area contributed by atoms with Gasteiger partial charge in [-0.3, -0.25) is 5.32 Å². The predicted molar refractivity (Wildman–Crippen MR) is 79.1 cm³/mol. The van der Waals surface area contributed by atoms with Crippen LogP contribution in [0.4, 0.5) is 0 Å². The summed E-state index contributed by atoms with van der Waals surface area (Å²) in [6.45, 7) is 6.71. The summed E-state index contributed by atoms with van der Waals surface area (Å²) in [6, 6.07) is 10.4. The fourth-order valence-electron chi connectivity index (χ4n) is 2.05. The summed E-state index contributed by atoms with van der Waals surface area (Å²) in [5.74, 6) is 0. The van der Waals surface area contributed by atoms with Crippen molar-refractivity contribution in [3.05, 3.63) is 35.9 Å². The van der Waals surface area contributed by atoms with Gasteiger partial charge >= 0.3 is 0 Å². The van der Waals surface area contributed by atoms with E-state index in [-0.39, 0.29) is 7.47 Å². The smallest absolute Gasteiger partial charge is 0.0968 e. The van der Waals surface area contributed by atoms with Gasteiger partial charge in [-0.15, -0.1) is 0 Å². The second kappa shape index (κ2) is 9.92. The Hall–Kier alpha value is -0.940. The van der Waals surface area contributed by atoms with Crippen molar-refractivity contribution in [2.75, 3.05) is 19.9 Å². The maximum atomic E-state index is 9.46. The van der Waals surface area contributed by atoms with Crippen molar-refractivity contribution < 1.29 is 11.4 Å². The molecule has 4 heteroatoms. The van der Waals surface area contributed by atoms with Crippen LogP contribution in [0.3, 0.4) is 0 Å². The van der Waals surface area contributed by atoms with E-state index in [0.717, 1.165) is 25.9 Å². The average molecular weight is 268 g/mol. The highest BCUT2D eigenvalue weighted by Gasteiger charge is 2.22. The highest BCUT2D eigenvalue weighted by atomic mass is 16.5. The molecular formula is C15H28N2O2. The fraction of sp³-hybridized carbons (Fsp3) is 0.600. The van der Waals surface area contributed by atoms with Gasteiger partial charge in [-0.25, -0.2) is 0 Å². The highest BCUT2D eigenvalue weighted by molar-refractivity contribution is 5.14. The summed E-state index contributed by atoms with van der Waals surface area (Å²) in [7, 11) is 0. The van der Waals surface area contributed by atoms with Crippen LogP contribution in [-0.2, 0) is 11.3 Å². The van der Waals surface area contributed by atoms with Crippen LogP contribution in [0.1, 0.15) is 33.7 Å². The minimum Gasteiger partial charge on any atom is -0.365 e. The quantitative estimate of drug-likeness (QED) is 0.615. The molecule has 1 aliphatic heterocycles. The third kappa shape index (κ3) is 6.16. The first kappa shape index (κ1) is 16.1. The summed E-state index contributed by atoms with van der Waals surface area (Å²) in [4.78, 5) is 0. The van der Waals surface area contributed by atoms with Crippen LogP contribution in [0.15, 0.2) is 30.3 Å². The van der Waals surface area contributed by atoms with Gasteiger partial charge in [0.15, 0.2) is 0 Å². The second-order valence-electron chi connectivity index (χ2n) is 4.39. The second-order valence-corrected chi connectivity index (χ2v) is 4.39. The van der Waals surface area contributed by atoms with Gasteiger partial charge in [0.25, 0.3) is 0 Å². The van der Waals surface area contributed by atoms with Gasteiger partial charge in [0.2, 0.25) is 0 Å². The maximum absolute atomic E-state index is 9.46. The first-order valence-electron chi connectivity index (χ1n) is 7.14. The number of hydrogen-bond acceptors (Lipinski definition) is 4. The van der Waals surface area contributed by atoms with E-state index in [9.17, 15) is 5.21 Å². The van der Waals surface area contributed by atoms with E-state index in [1.807, 2.05) is 32.0 Å². The van der Waals surface area contributed by atoms with Crippen molar-refractivity contribution in [1.82, 2.24) is 10.4 Å². The Bertz CT molecular complexity index is 325. The summed E-state index contributed by atoms with van der Waals surface area (Å²) in [5, 5.41) is 14.1. The van der Waals surface area contributed by atoms with Crippen molar-refractivity contribution in [2.24, 2.45) is 0 Å². The summed E-state index contributed by atoms with van der Waals surface area (Å²) < 4.78 is 5.50. The number of benzene rings is 1. The topological polar surface area (TPSA) is 44.7 Å². The zero-order valence-electron chi connectivity index (χ0n) is 12.0. The lowest BCUT2D eigenvalue weighted by molar-refractivity contribution is -0.120. The molecule has 19 heavy (non-hydrogen) atoms. The number of hydrogen-bond donors (Lipinski definition) is 2. The normalized spacial score (nSPS) is 19.0. The Kier molecular flexibility index (Phi) is 8.41. The molecule has 0 spiro atoms. The number of nitrogens with zero attached hydrogens (tertiary/aromatic N) is 1. The minimum absolute atomic E-state index is 0. The van der Waals surface area contributed by atoms with Crippen molar-refractivity contribution in [1.29, 1.82) is 0 Å². The number of nitrogens with one attached hydrogen (secondary N) is 1. The lowest BCUT2D eigenvalue weighted by Gasteiger charge is -2.17. The first-order valence-corrected chi connectivity index (χ1v) is 7.14. The van der Waals surface area contributed by atoms with Gasteiger partial charge in [-0.2, -0.15) is 5.06 Å². The molecule has 0 aromatic heterocycles. The van der Waals surface area contributed by atoms with Gasteiger partial charge in [0, 0.05) is 14.5 Å². The van der Waals surface area contributed by atoms with Gasteiger partial charge in [0.05, 0.1) is 19.4 Å². The fourth-order valence-corrected chi connectivity index (χ4v) is 2.05. The maximum Gasteiger partial charge on any atom is 0.0968 e. The Labute approximate surface area is 117 Å². The molecule has 0 saturated carbocycles. The molecule has 1 heterocycles. The molecule has 4 nitrogen and oxygen atoms in total. The molecule has 2 N–H and O–H groups in total. The number of rotatable bonds is 6. The van der Waals surface area contributed by atoms with Gasteiger partial charge < -0.3 is 9.94 Å². The van der Waals surface area contributed by atoms with Crippen LogP contribution in [-0.4, -0.2) is 36.2 Å². The molecule has 0 bridgehead atoms. The van der Waals surface area contributed by atoms with E-state index in [4.69, 9.17) is 4.74 Å². The lowest BCUT2D eigenvalue weighted by Crippen LogP contribution is -2.31. The molecule has 110 valence electrons. The molecule has 1 aromatic rings. The number of hydroxylamine groups is 2. The predicted octanol–water partition coefficient (Wildman–Crippen LogP) is 2.88. The van der Waals surface area contributed by atoms with E-state index in [1.165, 1.54) is 10.6 Å². The molecule has 1 fully saturated rings. The first-order chi connectivity index (χ1) is 9.36. The minimum atomic E-state index is 0. The van der Waals surface area contributed by atoms with Crippen molar-refractivity contribution >= 4 is 0 Å². The molecule has 0 aliphatic carbocycles. The van der Waals surface area contributed by atoms with Crippen molar-refractivity contribution in [3.63, 3.8) is 0 Å². The Balaban J connectivity index is 0.00000115. The van der Waals surface area contributed by atoms with Gasteiger partial charge in [-0.05, 0) is 18.4 Å². The zero-order valence-corrected chi connectivity index (χ0v) is 12.0. The molecule has 1 aromatic carbocycles. The number of ether oxygens (including phenoxy) is 1. The molecule has 1 aliphatic rings. The van der Waals surface area contributed by atoms with E-state index in [2.05, 4.69) is 17.4 Å². The standard InChI is InChI=1S/C13H20N2O2.C2H6.H2/c16-15-8-4-7-13(15)10-17-11-14-9-12-5-2-1-3-6-12;1-2;/h1-3,5-6,13-14,16H,4,7-11H2;1-2H3;1H/t13-;;/m0../s1.